The molecule has 1 amide bonds. The van der Waals surface area contributed by atoms with E-state index in [-0.39, 0.29) is 17.4 Å². The SMILES string of the molecule is O=C(c1c[nH]c2ncccc12)N1CC(Cn2nc(-c3cccnc3)ccc2=O)C1. The zero-order valence-corrected chi connectivity index (χ0v) is 15.5. The maximum Gasteiger partial charge on any atom is 0.266 e. The first-order chi connectivity index (χ1) is 14.2. The molecule has 8 heteroatoms. The molecule has 0 saturated carbocycles. The van der Waals surface area contributed by atoms with Crippen LogP contribution in [0.4, 0.5) is 0 Å². The van der Waals surface area contributed by atoms with E-state index in [0.717, 1.165) is 10.9 Å². The van der Waals surface area contributed by atoms with Crippen molar-refractivity contribution in [2.75, 3.05) is 13.1 Å². The van der Waals surface area contributed by atoms with Crippen LogP contribution < -0.4 is 5.56 Å². The van der Waals surface area contributed by atoms with Gasteiger partial charge in [-0.15, -0.1) is 0 Å². The fourth-order valence-corrected chi connectivity index (χ4v) is 3.65. The van der Waals surface area contributed by atoms with Gasteiger partial charge in [-0.3, -0.25) is 14.6 Å². The summed E-state index contributed by atoms with van der Waals surface area (Å²) in [6.45, 7) is 1.67. The summed E-state index contributed by atoms with van der Waals surface area (Å²) in [6, 6.07) is 10.7. The normalized spacial score (nSPS) is 14.1. The van der Waals surface area contributed by atoms with Crippen LogP contribution in [0.1, 0.15) is 10.4 Å². The zero-order valence-electron chi connectivity index (χ0n) is 15.5. The number of fused-ring (bicyclic) bond motifs is 1. The fourth-order valence-electron chi connectivity index (χ4n) is 3.65. The number of hydrogen-bond acceptors (Lipinski definition) is 5. The summed E-state index contributed by atoms with van der Waals surface area (Å²) in [6.07, 6.45) is 6.81. The van der Waals surface area contributed by atoms with E-state index in [1.165, 1.54) is 10.7 Å². The van der Waals surface area contributed by atoms with Gasteiger partial charge in [0.05, 0.1) is 17.8 Å². The monoisotopic (exact) mass is 386 g/mol. The average Bonchev–Trinajstić information content (AvgIpc) is 3.16. The number of rotatable bonds is 4. The number of nitrogens with zero attached hydrogens (tertiary/aromatic N) is 5. The number of likely N-dealkylation sites (tertiary alicyclic amines) is 1. The van der Waals surface area contributed by atoms with Crippen molar-refractivity contribution in [2.45, 2.75) is 6.54 Å². The largest absolute Gasteiger partial charge is 0.345 e. The number of carbonyl (C=O) groups is 1. The number of H-pyrrole nitrogens is 1. The lowest BCUT2D eigenvalue weighted by Crippen LogP contribution is -2.52. The molecule has 0 unspecified atom stereocenters. The van der Waals surface area contributed by atoms with Crippen LogP contribution in [0.5, 0.6) is 0 Å². The van der Waals surface area contributed by atoms with Gasteiger partial charge in [-0.25, -0.2) is 9.67 Å². The molecular formula is C21H18N6O2. The van der Waals surface area contributed by atoms with Crippen molar-refractivity contribution < 1.29 is 4.79 Å². The predicted molar refractivity (Wildman–Crippen MR) is 107 cm³/mol. The van der Waals surface area contributed by atoms with Crippen molar-refractivity contribution in [3.8, 4) is 11.3 Å². The molecule has 1 aliphatic heterocycles. The van der Waals surface area contributed by atoms with Crippen LogP contribution in [0.2, 0.25) is 0 Å². The molecule has 5 heterocycles. The third-order valence-electron chi connectivity index (χ3n) is 5.18. The number of carbonyl (C=O) groups excluding carboxylic acids is 1. The fraction of sp³-hybridized carbons (Fsp3) is 0.190. The molecular weight excluding hydrogens is 368 g/mol. The molecule has 144 valence electrons. The smallest absolute Gasteiger partial charge is 0.266 e. The molecule has 1 N–H and O–H groups in total. The Morgan fingerprint density at radius 1 is 1.14 bits per heavy atom. The van der Waals surface area contributed by atoms with E-state index in [0.29, 0.717) is 36.5 Å². The second-order valence-corrected chi connectivity index (χ2v) is 7.16. The molecule has 0 aliphatic carbocycles. The van der Waals surface area contributed by atoms with Gasteiger partial charge in [-0.05, 0) is 30.3 Å². The molecule has 0 aromatic carbocycles. The number of nitrogens with one attached hydrogen (secondary N) is 1. The summed E-state index contributed by atoms with van der Waals surface area (Å²) in [7, 11) is 0. The Morgan fingerprint density at radius 2 is 2.00 bits per heavy atom. The Balaban J connectivity index is 1.28. The summed E-state index contributed by atoms with van der Waals surface area (Å²) in [4.78, 5) is 38.2. The highest BCUT2D eigenvalue weighted by Gasteiger charge is 2.32. The van der Waals surface area contributed by atoms with Crippen molar-refractivity contribution in [3.05, 3.63) is 77.1 Å². The molecule has 29 heavy (non-hydrogen) atoms. The maximum absolute atomic E-state index is 12.8. The van der Waals surface area contributed by atoms with E-state index in [4.69, 9.17) is 0 Å². The Hall–Kier alpha value is -3.81. The first-order valence-corrected chi connectivity index (χ1v) is 9.39. The third kappa shape index (κ3) is 3.18. The third-order valence-corrected chi connectivity index (χ3v) is 5.18. The van der Waals surface area contributed by atoms with Gasteiger partial charge >= 0.3 is 0 Å². The molecule has 0 bridgehead atoms. The summed E-state index contributed by atoms with van der Waals surface area (Å²) < 4.78 is 1.48. The van der Waals surface area contributed by atoms with Gasteiger partial charge in [0.1, 0.15) is 5.65 Å². The van der Waals surface area contributed by atoms with Gasteiger partial charge in [0.15, 0.2) is 0 Å². The number of hydrogen-bond donors (Lipinski definition) is 1. The lowest BCUT2D eigenvalue weighted by Gasteiger charge is -2.39. The number of pyridine rings is 2. The minimum absolute atomic E-state index is 0.0232. The van der Waals surface area contributed by atoms with Crippen LogP contribution in [0.25, 0.3) is 22.3 Å². The van der Waals surface area contributed by atoms with E-state index < -0.39 is 0 Å². The standard InChI is InChI=1S/C21H18N6O2/c28-19-6-5-18(15-3-1-7-22-9-15)25-27(19)13-14-11-26(12-14)21(29)17-10-24-20-16(17)4-2-8-23-20/h1-10,14H,11-13H2,(H,23,24). The van der Waals surface area contributed by atoms with Gasteiger partial charge in [0, 0.05) is 60.8 Å². The van der Waals surface area contributed by atoms with E-state index in [1.807, 2.05) is 24.3 Å². The number of amides is 1. The van der Waals surface area contributed by atoms with Gasteiger partial charge in [-0.2, -0.15) is 5.10 Å². The molecule has 8 nitrogen and oxygen atoms in total. The molecule has 1 aliphatic rings. The summed E-state index contributed by atoms with van der Waals surface area (Å²) >= 11 is 0. The van der Waals surface area contributed by atoms with Crippen molar-refractivity contribution in [3.63, 3.8) is 0 Å². The summed E-state index contributed by atoms with van der Waals surface area (Å²) in [5.74, 6) is 0.168. The molecule has 0 spiro atoms. The molecule has 0 atom stereocenters. The molecule has 4 aromatic rings. The van der Waals surface area contributed by atoms with Crippen molar-refractivity contribution in [1.82, 2.24) is 29.6 Å². The van der Waals surface area contributed by atoms with Crippen LogP contribution in [-0.4, -0.2) is 48.6 Å². The topological polar surface area (TPSA) is 96.8 Å². The quantitative estimate of drug-likeness (QED) is 0.578. The highest BCUT2D eigenvalue weighted by Crippen LogP contribution is 2.24. The molecule has 1 fully saturated rings. The van der Waals surface area contributed by atoms with Gasteiger partial charge < -0.3 is 9.88 Å². The first-order valence-electron chi connectivity index (χ1n) is 9.39. The van der Waals surface area contributed by atoms with Crippen LogP contribution in [0.3, 0.4) is 0 Å². The van der Waals surface area contributed by atoms with E-state index in [2.05, 4.69) is 20.1 Å². The zero-order chi connectivity index (χ0) is 19.8. The highest BCUT2D eigenvalue weighted by molar-refractivity contribution is 6.06. The average molecular weight is 386 g/mol. The van der Waals surface area contributed by atoms with Gasteiger partial charge in [0.25, 0.3) is 11.5 Å². The van der Waals surface area contributed by atoms with Crippen molar-refractivity contribution >= 4 is 16.9 Å². The maximum atomic E-state index is 12.8. The summed E-state index contributed by atoms with van der Waals surface area (Å²) in [5, 5.41) is 5.29. The van der Waals surface area contributed by atoms with E-state index in [1.54, 1.807) is 35.8 Å². The van der Waals surface area contributed by atoms with Crippen molar-refractivity contribution in [1.29, 1.82) is 0 Å². The lowest BCUT2D eigenvalue weighted by atomic mass is 9.99. The van der Waals surface area contributed by atoms with Crippen molar-refractivity contribution in [2.24, 2.45) is 5.92 Å². The molecule has 0 radical (unpaired) electrons. The molecule has 1 saturated heterocycles. The van der Waals surface area contributed by atoms with E-state index in [9.17, 15) is 9.59 Å². The predicted octanol–water partition coefficient (Wildman–Crippen LogP) is 1.95. The molecule has 5 rings (SSSR count). The Bertz CT molecular complexity index is 1240. The second-order valence-electron chi connectivity index (χ2n) is 7.16. The van der Waals surface area contributed by atoms with Crippen LogP contribution in [0.15, 0.2) is 66.0 Å². The summed E-state index contributed by atoms with van der Waals surface area (Å²) in [5.41, 5.74) is 2.75. The van der Waals surface area contributed by atoms with Gasteiger partial charge in [-0.1, -0.05) is 0 Å². The Kier molecular flexibility index (Phi) is 4.16. The highest BCUT2D eigenvalue weighted by atomic mass is 16.2. The van der Waals surface area contributed by atoms with Crippen LogP contribution in [0, 0.1) is 5.92 Å². The van der Waals surface area contributed by atoms with Crippen LogP contribution in [-0.2, 0) is 6.54 Å². The van der Waals surface area contributed by atoms with Crippen LogP contribution >= 0.6 is 0 Å². The van der Waals surface area contributed by atoms with Gasteiger partial charge in [0.2, 0.25) is 0 Å². The minimum Gasteiger partial charge on any atom is -0.345 e. The molecule has 4 aromatic heterocycles. The minimum atomic E-state index is -0.148. The number of aromatic nitrogens is 5. The Labute approximate surface area is 165 Å². The second kappa shape index (κ2) is 6.97. The first kappa shape index (κ1) is 17.3. The van der Waals surface area contributed by atoms with E-state index >= 15 is 0 Å². The lowest BCUT2D eigenvalue weighted by molar-refractivity contribution is 0.0460. The number of aromatic amines is 1. The Morgan fingerprint density at radius 3 is 2.83 bits per heavy atom.